The second-order valence-corrected chi connectivity index (χ2v) is 17.0. The molecule has 13 heteroatoms. The van der Waals surface area contributed by atoms with Crippen molar-refractivity contribution in [2.24, 2.45) is 0 Å². The Balaban J connectivity index is 0.000000215. The van der Waals surface area contributed by atoms with E-state index in [4.69, 9.17) is 19.4 Å². The number of nitrogens with one attached hydrogen (secondary N) is 4. The number of allylic oxidation sites excluding steroid dienone is 5. The van der Waals surface area contributed by atoms with Crippen LogP contribution in [0.1, 0.15) is 101 Å². The summed E-state index contributed by atoms with van der Waals surface area (Å²) in [6, 6.07) is 24.5. The molecule has 6 aromatic heterocycles. The van der Waals surface area contributed by atoms with Crippen LogP contribution in [0, 0.1) is 13.8 Å². The summed E-state index contributed by atoms with van der Waals surface area (Å²) < 4.78 is 9.88. The molecule has 10 heterocycles. The van der Waals surface area contributed by atoms with E-state index < -0.39 is 0 Å². The maximum Gasteiger partial charge on any atom is 0.305 e. The minimum Gasteiger partial charge on any atom is -0.469 e. The summed E-state index contributed by atoms with van der Waals surface area (Å²) in [5.74, 6) is -0.558. The van der Waals surface area contributed by atoms with Crippen LogP contribution in [0.25, 0.3) is 96.8 Å². The summed E-state index contributed by atoms with van der Waals surface area (Å²) in [7, 11) is 2.79. The third-order valence-corrected chi connectivity index (χ3v) is 12.7. The Hall–Kier alpha value is -7.86. The van der Waals surface area contributed by atoms with Gasteiger partial charge in [0.2, 0.25) is 0 Å². The molecule has 0 aromatic carbocycles. The van der Waals surface area contributed by atoms with Gasteiger partial charge >= 0.3 is 11.9 Å². The summed E-state index contributed by atoms with van der Waals surface area (Å²) in [5.41, 5.74) is 22.6. The van der Waals surface area contributed by atoms with Gasteiger partial charge in [0, 0.05) is 85.2 Å². The molecule has 0 unspecified atom stereocenters. The van der Waals surface area contributed by atoms with Crippen molar-refractivity contribution < 1.29 is 36.1 Å². The van der Waals surface area contributed by atoms with Gasteiger partial charge < -0.3 is 29.4 Å². The summed E-state index contributed by atoms with van der Waals surface area (Å²) in [4.78, 5) is 57.6. The normalized spacial score (nSPS) is 12.6. The molecule has 12 nitrogen and oxygen atoms in total. The molecule has 16 bridgehead atoms. The fourth-order valence-electron chi connectivity index (χ4n) is 8.91. The quantitative estimate of drug-likeness (QED) is 0.0862. The number of esters is 2. The van der Waals surface area contributed by atoms with Gasteiger partial charge in [0.25, 0.3) is 0 Å². The zero-order chi connectivity index (χ0) is 47.6. The Morgan fingerprint density at radius 3 is 1.49 bits per heavy atom. The van der Waals surface area contributed by atoms with Gasteiger partial charge in [0.1, 0.15) is 0 Å². The van der Waals surface area contributed by atoms with Crippen molar-refractivity contribution in [1.29, 1.82) is 0 Å². The van der Waals surface area contributed by atoms with Crippen LogP contribution in [-0.4, -0.2) is 66.0 Å². The second kappa shape index (κ2) is 20.2. The van der Waals surface area contributed by atoms with Gasteiger partial charge in [0.05, 0.1) is 59.8 Å². The number of fused-ring (bicyclic) bond motifs is 16. The van der Waals surface area contributed by atoms with Gasteiger partial charge in [-0.05, 0) is 171 Å². The number of aromatic nitrogens is 8. The zero-order valence-corrected chi connectivity index (χ0v) is 40.5. The van der Waals surface area contributed by atoms with Crippen molar-refractivity contribution in [3.05, 3.63) is 160 Å². The number of nitrogens with zero attached hydrogens (tertiary/aromatic N) is 4. The number of ether oxygens (including phenoxy) is 2. The van der Waals surface area contributed by atoms with Crippen LogP contribution in [0.15, 0.2) is 92.0 Å². The Bertz CT molecular complexity index is 3400. The van der Waals surface area contributed by atoms with E-state index in [1.807, 2.05) is 98.8 Å². The molecule has 0 aliphatic carbocycles. The molecule has 0 saturated carbocycles. The number of methoxy groups -OCH3 is 2. The van der Waals surface area contributed by atoms with Crippen molar-refractivity contribution in [1.82, 2.24) is 39.9 Å². The molecule has 10 rings (SSSR count). The van der Waals surface area contributed by atoms with Gasteiger partial charge in [-0.25, -0.2) is 19.9 Å². The molecular formula is C56H52FeN8O4. The van der Waals surface area contributed by atoms with E-state index in [9.17, 15) is 9.59 Å². The number of H-pyrrole nitrogens is 4. The first-order chi connectivity index (χ1) is 32.9. The summed E-state index contributed by atoms with van der Waals surface area (Å²) in [6.07, 6.45) is 13.2. The smallest absolute Gasteiger partial charge is 0.305 e. The molecule has 0 radical (unpaired) electrons. The molecular weight excluding hydrogens is 905 g/mol. The van der Waals surface area contributed by atoms with E-state index in [-0.39, 0.29) is 41.8 Å². The number of aryl methyl sites for hydroxylation is 3. The molecule has 348 valence electrons. The zero-order valence-electron chi connectivity index (χ0n) is 39.4. The molecule has 6 aromatic rings. The minimum atomic E-state index is -0.280. The average molecular weight is 957 g/mol. The molecule has 69 heavy (non-hydrogen) atoms. The number of rotatable bonds is 8. The topological polar surface area (TPSA) is 167 Å². The van der Waals surface area contributed by atoms with Gasteiger partial charge in [-0.15, -0.1) is 0 Å². The first-order valence-corrected chi connectivity index (χ1v) is 22.5. The molecule has 0 atom stereocenters. The summed E-state index contributed by atoms with van der Waals surface area (Å²) in [5, 5.41) is 0. The van der Waals surface area contributed by atoms with Gasteiger partial charge in [-0.3, -0.25) is 9.59 Å². The number of carbonyl (C=O) groups is 2. The number of aromatic amines is 4. The maximum atomic E-state index is 12.2. The Morgan fingerprint density at radius 2 is 0.971 bits per heavy atom. The Kier molecular flexibility index (Phi) is 13.9. The van der Waals surface area contributed by atoms with Gasteiger partial charge in [-0.2, -0.15) is 0 Å². The first kappa shape index (κ1) is 47.6. The van der Waals surface area contributed by atoms with Crippen LogP contribution in [-0.2, 0) is 42.6 Å². The SMILES string of the molecule is C1=Cc2cc3ccc(cc4nc(cc5ccc(cc1n2)[nH]5)C=C4)[nH]3.C=CC1=C(C)c2cc3[nH]c(cc4nc(cc5[nH]c(cc1n2)c(C)c5CCC(=O)OC)C(CCC(=O)OC)=C4C)c(C)c3C=C.[Fe]. The largest absolute Gasteiger partial charge is 0.469 e. The molecule has 0 saturated heterocycles. The third-order valence-electron chi connectivity index (χ3n) is 12.7. The van der Waals surface area contributed by atoms with Crippen molar-refractivity contribution in [3.8, 4) is 0 Å². The van der Waals surface area contributed by atoms with E-state index in [2.05, 4.69) is 81.2 Å². The predicted molar refractivity (Wildman–Crippen MR) is 276 cm³/mol. The van der Waals surface area contributed by atoms with Crippen molar-refractivity contribution in [2.45, 2.75) is 53.4 Å². The van der Waals surface area contributed by atoms with E-state index in [1.165, 1.54) is 14.2 Å². The van der Waals surface area contributed by atoms with Crippen LogP contribution in [0.4, 0.5) is 0 Å². The van der Waals surface area contributed by atoms with E-state index in [0.717, 1.165) is 134 Å². The molecule has 4 N–H and O–H groups in total. The van der Waals surface area contributed by atoms with Gasteiger partial charge in [0.15, 0.2) is 0 Å². The van der Waals surface area contributed by atoms with Crippen LogP contribution >= 0.6 is 0 Å². The first-order valence-electron chi connectivity index (χ1n) is 22.5. The molecule has 0 amide bonds. The van der Waals surface area contributed by atoms with Crippen LogP contribution < -0.4 is 0 Å². The van der Waals surface area contributed by atoms with Crippen LogP contribution in [0.5, 0.6) is 0 Å². The maximum absolute atomic E-state index is 12.2. The third kappa shape index (κ3) is 10.1. The number of hydrogen-bond acceptors (Lipinski definition) is 8. The van der Waals surface area contributed by atoms with Crippen LogP contribution in [0.2, 0.25) is 0 Å². The average Bonchev–Trinajstić information content (AvgIpc) is 4.22. The van der Waals surface area contributed by atoms with E-state index in [0.29, 0.717) is 12.8 Å². The Morgan fingerprint density at radius 1 is 0.522 bits per heavy atom. The van der Waals surface area contributed by atoms with Crippen molar-refractivity contribution in [2.75, 3.05) is 14.2 Å². The van der Waals surface area contributed by atoms with Crippen LogP contribution in [0.3, 0.4) is 0 Å². The van der Waals surface area contributed by atoms with E-state index in [1.54, 1.807) is 0 Å². The second-order valence-electron chi connectivity index (χ2n) is 17.0. The fraction of sp³-hybridized carbons (Fsp3) is 0.179. The molecule has 0 fully saturated rings. The van der Waals surface area contributed by atoms with Crippen molar-refractivity contribution >= 4 is 109 Å². The fourth-order valence-corrected chi connectivity index (χ4v) is 8.91. The number of carbonyl (C=O) groups excluding carboxylic acids is 2. The monoisotopic (exact) mass is 956 g/mol. The molecule has 4 aliphatic rings. The predicted octanol–water partition coefficient (Wildman–Crippen LogP) is 12.3. The minimum absolute atomic E-state index is 0. The van der Waals surface area contributed by atoms with Crippen molar-refractivity contribution in [3.63, 3.8) is 0 Å². The standard InChI is InChI=1S/C36H38N4O4.C20H14N4.Fe/c1-9-23-19(3)27-15-28-21(5)25(11-13-35(41)43-7)33(39-28)18-34-26(12-14-36(42)44-8)22(6)30(40-34)17-32-24(10-2)20(4)29(38-32)16-31(23)37-27;1-2-14-10-16-5-6-18(23-16)12-20-8-7-19(24-20)11-17-4-3-15(22-17)9-13(1)21-14;/h9-10,15-18,37,40H,1-2,11-14H2,3-8H3;1-12,21,24H;. The molecule has 4 aliphatic heterocycles. The summed E-state index contributed by atoms with van der Waals surface area (Å²) in [6.45, 7) is 16.3. The van der Waals surface area contributed by atoms with Gasteiger partial charge in [-0.1, -0.05) is 25.3 Å². The number of hydrogen-bond donors (Lipinski definition) is 4. The molecule has 0 spiro atoms. The van der Waals surface area contributed by atoms with E-state index >= 15 is 0 Å². The Labute approximate surface area is 410 Å². The summed E-state index contributed by atoms with van der Waals surface area (Å²) >= 11 is 0.